The van der Waals surface area contributed by atoms with Gasteiger partial charge in [0.2, 0.25) is 11.8 Å². The van der Waals surface area contributed by atoms with Crippen molar-refractivity contribution >= 4 is 52.0 Å². The van der Waals surface area contributed by atoms with Crippen LogP contribution in [0.2, 0.25) is 0 Å². The van der Waals surface area contributed by atoms with Crippen molar-refractivity contribution in [2.45, 2.75) is 70.4 Å². The summed E-state index contributed by atoms with van der Waals surface area (Å²) < 4.78 is 4.96. The number of carbonyl (C=O) groups excluding carboxylic acids is 3. The summed E-state index contributed by atoms with van der Waals surface area (Å²) in [4.78, 5) is 42.3. The summed E-state index contributed by atoms with van der Waals surface area (Å²) in [7, 11) is 1.32. The van der Waals surface area contributed by atoms with Crippen LogP contribution >= 0.6 is 12.4 Å². The van der Waals surface area contributed by atoms with Gasteiger partial charge in [-0.25, -0.2) is 4.79 Å². The molecule has 206 valence electrons. The standard InChI is InChI=1S/C29H38N4O4.ClH/c1-18-15-20-11-13-24-22(17-20)21-16-19(10-12-23(21)31-24)7-3-4-9-26(29(36)37-2)33-28(35)25(32-27(18)34)8-5-6-14-30;/h10-13,16-18,25-26,31H,3-9,14-15,30H2,1-2H3,(H,32,34)(H,33,35);1H/t18?,25-,26+;/m1./s1. The number of unbranched alkanes of at least 4 members (excludes halogenated alkanes) is 1. The number of aromatic amines is 1. The van der Waals surface area contributed by atoms with Gasteiger partial charge in [-0.3, -0.25) is 9.59 Å². The summed E-state index contributed by atoms with van der Waals surface area (Å²) in [6.45, 7) is 2.39. The lowest BCUT2D eigenvalue weighted by Crippen LogP contribution is -2.52. The van der Waals surface area contributed by atoms with Crippen molar-refractivity contribution in [3.63, 3.8) is 0 Å². The molecular formula is C29H39ClN4O4. The zero-order valence-electron chi connectivity index (χ0n) is 22.2. The third-order valence-corrected chi connectivity index (χ3v) is 7.31. The molecule has 1 aliphatic heterocycles. The van der Waals surface area contributed by atoms with Crippen molar-refractivity contribution in [2.75, 3.05) is 13.7 Å². The number of benzene rings is 2. The lowest BCUT2D eigenvalue weighted by molar-refractivity contribution is -0.145. The smallest absolute Gasteiger partial charge is 0.328 e. The number of aromatic nitrogens is 1. The number of ether oxygens (including phenoxy) is 1. The maximum atomic E-state index is 13.2. The molecule has 3 aromatic rings. The van der Waals surface area contributed by atoms with Gasteiger partial charge in [-0.05, 0) is 86.9 Å². The van der Waals surface area contributed by atoms with Crippen molar-refractivity contribution in [3.05, 3.63) is 47.5 Å². The lowest BCUT2D eigenvalue weighted by atomic mass is 9.97. The Hall–Kier alpha value is -3.10. The molecule has 0 aliphatic carbocycles. The van der Waals surface area contributed by atoms with Crippen LogP contribution in [-0.4, -0.2) is 48.5 Å². The topological polar surface area (TPSA) is 126 Å². The van der Waals surface area contributed by atoms with Crippen molar-refractivity contribution in [1.82, 2.24) is 15.6 Å². The molecule has 1 aromatic heterocycles. The number of fused-ring (bicyclic) bond motifs is 2. The number of nitrogens with one attached hydrogen (secondary N) is 3. The third kappa shape index (κ3) is 7.05. The second-order valence-electron chi connectivity index (χ2n) is 10.2. The maximum Gasteiger partial charge on any atom is 0.328 e. The van der Waals surface area contributed by atoms with E-state index in [4.69, 9.17) is 10.5 Å². The molecule has 9 heteroatoms. The van der Waals surface area contributed by atoms with Crippen molar-refractivity contribution in [2.24, 2.45) is 11.7 Å². The van der Waals surface area contributed by atoms with E-state index in [9.17, 15) is 14.4 Å². The maximum absolute atomic E-state index is 13.2. The van der Waals surface area contributed by atoms with Crippen LogP contribution in [0.25, 0.3) is 21.8 Å². The Labute approximate surface area is 229 Å². The number of rotatable bonds is 5. The van der Waals surface area contributed by atoms with E-state index in [0.29, 0.717) is 32.2 Å². The molecule has 0 fully saturated rings. The lowest BCUT2D eigenvalue weighted by Gasteiger charge is -2.24. The van der Waals surface area contributed by atoms with Gasteiger partial charge < -0.3 is 26.1 Å². The predicted molar refractivity (Wildman–Crippen MR) is 152 cm³/mol. The number of nitrogens with two attached hydrogens (primary N) is 1. The number of aryl methyl sites for hydroxylation is 1. The number of H-pyrrole nitrogens is 1. The molecule has 0 radical (unpaired) electrons. The Morgan fingerprint density at radius 2 is 1.66 bits per heavy atom. The molecule has 4 bridgehead atoms. The minimum atomic E-state index is -0.755. The predicted octanol–water partition coefficient (Wildman–Crippen LogP) is 3.92. The number of hydrogen-bond acceptors (Lipinski definition) is 5. The SMILES string of the molecule is COC(=O)[C@@H]1CCCCc2ccc3[nH]c4ccc(cc4c3c2)CC(C)C(=O)N[C@H](CCCCN)C(=O)N1.Cl. The number of carbonyl (C=O) groups is 3. The highest BCUT2D eigenvalue weighted by molar-refractivity contribution is 6.07. The molecule has 5 N–H and O–H groups in total. The van der Waals surface area contributed by atoms with Crippen LogP contribution in [0.4, 0.5) is 0 Å². The van der Waals surface area contributed by atoms with Crippen molar-refractivity contribution in [3.8, 4) is 0 Å². The first-order valence-corrected chi connectivity index (χ1v) is 13.3. The van der Waals surface area contributed by atoms with Crippen molar-refractivity contribution < 1.29 is 19.1 Å². The molecule has 8 nitrogen and oxygen atoms in total. The van der Waals surface area contributed by atoms with Gasteiger partial charge in [0.25, 0.3) is 0 Å². The van der Waals surface area contributed by atoms with E-state index in [-0.39, 0.29) is 30.1 Å². The van der Waals surface area contributed by atoms with E-state index < -0.39 is 18.1 Å². The van der Waals surface area contributed by atoms with E-state index in [2.05, 4.69) is 45.9 Å². The fraction of sp³-hybridized carbons (Fsp3) is 0.483. The van der Waals surface area contributed by atoms with E-state index >= 15 is 0 Å². The van der Waals surface area contributed by atoms with E-state index in [1.807, 2.05) is 13.0 Å². The zero-order chi connectivity index (χ0) is 26.4. The van der Waals surface area contributed by atoms with Crippen LogP contribution in [0.3, 0.4) is 0 Å². The van der Waals surface area contributed by atoms with Crippen molar-refractivity contribution in [1.29, 1.82) is 0 Å². The van der Waals surface area contributed by atoms with E-state index in [1.165, 1.54) is 18.1 Å². The first kappa shape index (κ1) is 29.5. The van der Waals surface area contributed by atoms with Gasteiger partial charge in [-0.1, -0.05) is 25.5 Å². The molecule has 1 aliphatic rings. The monoisotopic (exact) mass is 542 g/mol. The molecule has 4 rings (SSSR count). The average Bonchev–Trinajstić information content (AvgIpc) is 3.26. The number of hydrogen-bond donors (Lipinski definition) is 4. The largest absolute Gasteiger partial charge is 0.467 e. The summed E-state index contributed by atoms with van der Waals surface area (Å²) in [6.07, 6.45) is 5.42. The Morgan fingerprint density at radius 1 is 0.974 bits per heavy atom. The summed E-state index contributed by atoms with van der Waals surface area (Å²) in [5.41, 5.74) is 10.1. The van der Waals surface area contributed by atoms with Gasteiger partial charge in [0.15, 0.2) is 0 Å². The molecule has 0 saturated heterocycles. The summed E-state index contributed by atoms with van der Waals surface area (Å²) in [6, 6.07) is 11.3. The summed E-state index contributed by atoms with van der Waals surface area (Å²) >= 11 is 0. The van der Waals surface area contributed by atoms with Crippen LogP contribution in [0.1, 0.15) is 56.6 Å². The molecule has 3 atom stereocenters. The highest BCUT2D eigenvalue weighted by Crippen LogP contribution is 2.28. The molecule has 2 amide bonds. The first-order valence-electron chi connectivity index (χ1n) is 13.3. The Kier molecular flexibility index (Phi) is 10.6. The van der Waals surface area contributed by atoms with Crippen LogP contribution in [-0.2, 0) is 32.0 Å². The van der Waals surface area contributed by atoms with E-state index in [0.717, 1.165) is 47.7 Å². The van der Waals surface area contributed by atoms with Crippen LogP contribution in [0.5, 0.6) is 0 Å². The van der Waals surface area contributed by atoms with Gasteiger partial charge in [0, 0.05) is 27.7 Å². The molecule has 2 heterocycles. The Morgan fingerprint density at radius 3 is 2.34 bits per heavy atom. The first-order chi connectivity index (χ1) is 17.9. The number of halogens is 1. The normalized spacial score (nSPS) is 21.1. The molecule has 2 aromatic carbocycles. The van der Waals surface area contributed by atoms with Gasteiger partial charge in [-0.15, -0.1) is 12.4 Å². The zero-order valence-corrected chi connectivity index (χ0v) is 23.0. The number of amides is 2. The third-order valence-electron chi connectivity index (χ3n) is 7.31. The highest BCUT2D eigenvalue weighted by Gasteiger charge is 2.28. The number of esters is 1. The fourth-order valence-electron chi connectivity index (χ4n) is 5.14. The Bertz CT molecular complexity index is 1270. The molecule has 1 unspecified atom stereocenters. The average molecular weight is 543 g/mol. The van der Waals surface area contributed by atoms with Crippen LogP contribution in [0, 0.1) is 5.92 Å². The summed E-state index contributed by atoms with van der Waals surface area (Å²) in [5, 5.41) is 8.10. The minimum Gasteiger partial charge on any atom is -0.467 e. The second kappa shape index (κ2) is 13.6. The van der Waals surface area contributed by atoms with Gasteiger partial charge in [-0.2, -0.15) is 0 Å². The minimum absolute atomic E-state index is 0. The molecule has 38 heavy (non-hydrogen) atoms. The Balaban J connectivity index is 0.00000400. The summed E-state index contributed by atoms with van der Waals surface area (Å²) in [5.74, 6) is -1.36. The fourth-order valence-corrected chi connectivity index (χ4v) is 5.14. The molecule has 0 spiro atoms. The second-order valence-corrected chi connectivity index (χ2v) is 10.2. The molecule has 0 saturated carbocycles. The number of methoxy groups -OCH3 is 1. The van der Waals surface area contributed by atoms with Gasteiger partial charge >= 0.3 is 5.97 Å². The van der Waals surface area contributed by atoms with Crippen LogP contribution in [0.15, 0.2) is 36.4 Å². The van der Waals surface area contributed by atoms with Gasteiger partial charge in [0.05, 0.1) is 7.11 Å². The quantitative estimate of drug-likeness (QED) is 0.287. The van der Waals surface area contributed by atoms with Gasteiger partial charge in [0.1, 0.15) is 12.1 Å². The molecular weight excluding hydrogens is 504 g/mol. The van der Waals surface area contributed by atoms with Crippen LogP contribution < -0.4 is 16.4 Å². The highest BCUT2D eigenvalue weighted by atomic mass is 35.5. The van der Waals surface area contributed by atoms with E-state index in [1.54, 1.807) is 0 Å².